The van der Waals surface area contributed by atoms with Crippen LogP contribution in [0.1, 0.15) is 17.3 Å². The lowest BCUT2D eigenvalue weighted by Crippen LogP contribution is -2.12. The number of benzene rings is 1. The van der Waals surface area contributed by atoms with E-state index >= 15 is 0 Å². The zero-order chi connectivity index (χ0) is 13.3. The largest absolute Gasteiger partial charge is 0.477 e. The molecule has 0 bridgehead atoms. The fourth-order valence-corrected chi connectivity index (χ4v) is 1.47. The van der Waals surface area contributed by atoms with Crippen molar-refractivity contribution in [3.8, 4) is 5.75 Å². The molecule has 1 heterocycles. The zero-order valence-electron chi connectivity index (χ0n) is 9.30. The lowest BCUT2D eigenvalue weighted by atomic mass is 10.2. The summed E-state index contributed by atoms with van der Waals surface area (Å²) in [5.41, 5.74) is -1.23. The van der Waals surface area contributed by atoms with Crippen molar-refractivity contribution in [2.75, 3.05) is 0 Å². The number of aromatic carboxylic acids is 1. The topological polar surface area (TPSA) is 93.8 Å². The molecular weight excluding hydrogens is 240 g/mol. The third-order valence-electron chi connectivity index (χ3n) is 2.20. The van der Waals surface area contributed by atoms with E-state index < -0.39 is 23.1 Å². The molecule has 1 aromatic heterocycles. The van der Waals surface area contributed by atoms with Crippen molar-refractivity contribution < 1.29 is 23.8 Å². The maximum Gasteiger partial charge on any atom is 0.351 e. The van der Waals surface area contributed by atoms with Crippen LogP contribution in [0, 0.1) is 0 Å². The minimum Gasteiger partial charge on any atom is -0.477 e. The second-order valence-electron chi connectivity index (χ2n) is 3.55. The molecule has 0 radical (unpaired) electrons. The van der Waals surface area contributed by atoms with Gasteiger partial charge in [-0.2, -0.15) is 0 Å². The molecule has 2 rings (SSSR count). The van der Waals surface area contributed by atoms with E-state index in [-0.39, 0.29) is 11.3 Å². The van der Waals surface area contributed by atoms with Gasteiger partial charge in [-0.05, 0) is 18.2 Å². The standard InChI is InChI=1S/C12H8O6/c1-6(13)17-8-3-2-7-4-9(11(14)15)12(16)18-10(7)5-8/h2-5H,1H3,(H,14,15). The van der Waals surface area contributed by atoms with Gasteiger partial charge in [0.05, 0.1) is 0 Å². The van der Waals surface area contributed by atoms with Gasteiger partial charge in [-0.25, -0.2) is 9.59 Å². The minimum atomic E-state index is -1.35. The Kier molecular flexibility index (Phi) is 2.85. The summed E-state index contributed by atoms with van der Waals surface area (Å²) in [6.07, 6.45) is 0. The van der Waals surface area contributed by atoms with Gasteiger partial charge in [0.15, 0.2) is 0 Å². The number of carboxylic acid groups (broad SMARTS) is 1. The van der Waals surface area contributed by atoms with Crippen molar-refractivity contribution in [1.82, 2.24) is 0 Å². The van der Waals surface area contributed by atoms with Crippen LogP contribution in [0.15, 0.2) is 33.5 Å². The molecule has 1 N–H and O–H groups in total. The number of carbonyl (C=O) groups excluding carboxylic acids is 1. The average molecular weight is 248 g/mol. The lowest BCUT2D eigenvalue weighted by molar-refractivity contribution is -0.131. The molecular formula is C12H8O6. The molecule has 92 valence electrons. The summed E-state index contributed by atoms with van der Waals surface area (Å²) >= 11 is 0. The Balaban J connectivity index is 2.59. The van der Waals surface area contributed by atoms with Gasteiger partial charge in [-0.1, -0.05) is 0 Å². The Bertz CT molecular complexity index is 697. The Hall–Kier alpha value is -2.63. The van der Waals surface area contributed by atoms with E-state index in [2.05, 4.69) is 0 Å². The summed E-state index contributed by atoms with van der Waals surface area (Å²) in [5, 5.41) is 9.20. The summed E-state index contributed by atoms with van der Waals surface area (Å²) in [5.74, 6) is -1.63. The number of carboxylic acids is 1. The fraction of sp³-hybridized carbons (Fsp3) is 0.0833. The van der Waals surface area contributed by atoms with Crippen LogP contribution in [0.2, 0.25) is 0 Å². The predicted octanol–water partition coefficient (Wildman–Crippen LogP) is 1.42. The summed E-state index contributed by atoms with van der Waals surface area (Å²) in [7, 11) is 0. The molecule has 0 aliphatic rings. The van der Waals surface area contributed by atoms with E-state index in [0.29, 0.717) is 5.39 Å². The van der Waals surface area contributed by atoms with E-state index in [0.717, 1.165) is 0 Å². The van der Waals surface area contributed by atoms with E-state index in [1.807, 2.05) is 0 Å². The van der Waals surface area contributed by atoms with E-state index in [9.17, 15) is 14.4 Å². The molecule has 1 aromatic carbocycles. The number of esters is 1. The molecule has 18 heavy (non-hydrogen) atoms. The normalized spacial score (nSPS) is 10.3. The Morgan fingerprint density at radius 3 is 2.61 bits per heavy atom. The summed E-state index contributed by atoms with van der Waals surface area (Å²) in [4.78, 5) is 32.9. The minimum absolute atomic E-state index is 0.156. The Morgan fingerprint density at radius 2 is 2.00 bits per heavy atom. The van der Waals surface area contributed by atoms with Crippen LogP contribution in [-0.2, 0) is 4.79 Å². The van der Waals surface area contributed by atoms with E-state index in [1.54, 1.807) is 0 Å². The van der Waals surface area contributed by atoms with Crippen molar-refractivity contribution >= 4 is 22.9 Å². The van der Waals surface area contributed by atoms with Gasteiger partial charge in [-0.15, -0.1) is 0 Å². The third kappa shape index (κ3) is 2.22. The maximum atomic E-state index is 11.4. The smallest absolute Gasteiger partial charge is 0.351 e. The highest BCUT2D eigenvalue weighted by molar-refractivity contribution is 5.91. The second-order valence-corrected chi connectivity index (χ2v) is 3.55. The van der Waals surface area contributed by atoms with Crippen LogP contribution in [0.4, 0.5) is 0 Å². The molecule has 0 atom stereocenters. The molecule has 6 heteroatoms. The highest BCUT2D eigenvalue weighted by atomic mass is 16.5. The second kappa shape index (κ2) is 4.33. The predicted molar refractivity (Wildman–Crippen MR) is 60.8 cm³/mol. The average Bonchev–Trinajstić information content (AvgIpc) is 2.26. The summed E-state index contributed by atoms with van der Waals surface area (Å²) in [6.45, 7) is 1.24. The molecule has 0 aliphatic heterocycles. The van der Waals surface area contributed by atoms with E-state index in [1.165, 1.54) is 31.2 Å². The third-order valence-corrected chi connectivity index (χ3v) is 2.20. The number of hydrogen-bond acceptors (Lipinski definition) is 5. The van der Waals surface area contributed by atoms with E-state index in [4.69, 9.17) is 14.3 Å². The van der Waals surface area contributed by atoms with Gasteiger partial charge < -0.3 is 14.3 Å². The molecule has 0 saturated carbocycles. The zero-order valence-corrected chi connectivity index (χ0v) is 9.30. The van der Waals surface area contributed by atoms with Gasteiger partial charge in [-0.3, -0.25) is 4.79 Å². The maximum absolute atomic E-state index is 11.4. The van der Waals surface area contributed by atoms with Crippen LogP contribution >= 0.6 is 0 Å². The molecule has 0 aliphatic carbocycles. The van der Waals surface area contributed by atoms with Gasteiger partial charge in [0.1, 0.15) is 16.9 Å². The molecule has 0 unspecified atom stereocenters. The van der Waals surface area contributed by atoms with Crippen LogP contribution in [0.25, 0.3) is 11.0 Å². The quantitative estimate of drug-likeness (QED) is 0.490. The summed E-state index contributed by atoms with van der Waals surface area (Å²) < 4.78 is 9.67. The van der Waals surface area contributed by atoms with Crippen molar-refractivity contribution in [3.63, 3.8) is 0 Å². The first-order valence-corrected chi connectivity index (χ1v) is 4.97. The van der Waals surface area contributed by atoms with Gasteiger partial charge in [0.2, 0.25) is 0 Å². The SMILES string of the molecule is CC(=O)Oc1ccc2cc(C(=O)O)c(=O)oc2c1. The molecule has 0 fully saturated rings. The number of hydrogen-bond donors (Lipinski definition) is 1. The van der Waals surface area contributed by atoms with Gasteiger partial charge >= 0.3 is 17.6 Å². The molecule has 0 amide bonds. The lowest BCUT2D eigenvalue weighted by Gasteiger charge is -2.02. The Morgan fingerprint density at radius 1 is 1.28 bits per heavy atom. The van der Waals surface area contributed by atoms with Crippen molar-refractivity contribution in [1.29, 1.82) is 0 Å². The van der Waals surface area contributed by atoms with Crippen LogP contribution in [0.3, 0.4) is 0 Å². The molecule has 6 nitrogen and oxygen atoms in total. The number of ether oxygens (including phenoxy) is 1. The van der Waals surface area contributed by atoms with Gasteiger partial charge in [0.25, 0.3) is 0 Å². The monoisotopic (exact) mass is 248 g/mol. The van der Waals surface area contributed by atoms with Crippen LogP contribution < -0.4 is 10.4 Å². The summed E-state index contributed by atoms with van der Waals surface area (Å²) in [6, 6.07) is 5.54. The van der Waals surface area contributed by atoms with Crippen molar-refractivity contribution in [2.45, 2.75) is 6.92 Å². The Labute approximate surface area is 100 Å². The van der Waals surface area contributed by atoms with Gasteiger partial charge in [0, 0.05) is 18.4 Å². The number of carbonyl (C=O) groups is 2. The first-order chi connectivity index (χ1) is 8.47. The first-order valence-electron chi connectivity index (χ1n) is 4.97. The van der Waals surface area contributed by atoms with Crippen molar-refractivity contribution in [2.24, 2.45) is 0 Å². The van der Waals surface area contributed by atoms with Crippen LogP contribution in [-0.4, -0.2) is 17.0 Å². The molecule has 0 spiro atoms. The number of fused-ring (bicyclic) bond motifs is 1. The fourth-order valence-electron chi connectivity index (χ4n) is 1.47. The highest BCUT2D eigenvalue weighted by Gasteiger charge is 2.12. The van der Waals surface area contributed by atoms with Crippen molar-refractivity contribution in [3.05, 3.63) is 40.2 Å². The highest BCUT2D eigenvalue weighted by Crippen LogP contribution is 2.20. The first kappa shape index (κ1) is 11.8. The number of rotatable bonds is 2. The molecule has 0 saturated heterocycles. The molecule has 2 aromatic rings. The van der Waals surface area contributed by atoms with Crippen LogP contribution in [0.5, 0.6) is 5.75 Å².